The molecule has 1 fully saturated rings. The third-order valence-electron chi connectivity index (χ3n) is 5.00. The van der Waals surface area contributed by atoms with Crippen molar-refractivity contribution in [1.29, 1.82) is 0 Å². The SMILES string of the molecule is CN=C(NC)[C@@H]1c2c(cnn2C)[C@@H]2CN1C(=O)N2OCc1ccccc1. The summed E-state index contributed by atoms with van der Waals surface area (Å²) in [4.78, 5) is 25.1. The van der Waals surface area contributed by atoms with Gasteiger partial charge >= 0.3 is 6.03 Å². The highest BCUT2D eigenvalue weighted by Gasteiger charge is 2.51. The average molecular weight is 354 g/mol. The summed E-state index contributed by atoms with van der Waals surface area (Å²) in [5, 5.41) is 9.00. The molecule has 0 aliphatic carbocycles. The minimum atomic E-state index is -0.290. The second-order valence-corrected chi connectivity index (χ2v) is 6.41. The number of hydroxylamine groups is 2. The van der Waals surface area contributed by atoms with E-state index in [9.17, 15) is 4.79 Å². The molecule has 3 heterocycles. The smallest absolute Gasteiger partial charge is 0.345 e. The number of carbonyl (C=O) groups excluding carboxylic acids is 1. The van der Waals surface area contributed by atoms with E-state index in [0.717, 1.165) is 22.7 Å². The van der Waals surface area contributed by atoms with Crippen LogP contribution >= 0.6 is 0 Å². The maximum Gasteiger partial charge on any atom is 0.345 e. The normalized spacial score (nSPS) is 22.0. The van der Waals surface area contributed by atoms with Crippen LogP contribution in [0.4, 0.5) is 4.79 Å². The number of likely N-dealkylation sites (N-methyl/N-ethyl adjacent to an activating group) is 1. The van der Waals surface area contributed by atoms with E-state index in [0.29, 0.717) is 13.2 Å². The van der Waals surface area contributed by atoms with Crippen LogP contribution in [0.25, 0.3) is 0 Å². The monoisotopic (exact) mass is 354 g/mol. The zero-order chi connectivity index (χ0) is 18.3. The molecule has 4 rings (SSSR count). The summed E-state index contributed by atoms with van der Waals surface area (Å²) in [6.45, 7) is 0.898. The summed E-state index contributed by atoms with van der Waals surface area (Å²) in [5.74, 6) is 0.728. The Hall–Kier alpha value is -2.87. The standard InChI is InChI=1S/C18H22N6O2/c1-19-17(20-2)16-15-13(9-21-22(15)3)14-10-23(16)18(25)24(14)26-11-12-7-5-4-6-8-12/h4-9,14,16H,10-11H2,1-3H3,(H,19,20)/t14-,16-/m0/s1. The molecule has 0 spiro atoms. The molecule has 0 radical (unpaired) electrons. The number of benzene rings is 1. The number of hydrogen-bond acceptors (Lipinski definition) is 4. The second-order valence-electron chi connectivity index (χ2n) is 6.41. The van der Waals surface area contributed by atoms with Gasteiger partial charge in [-0.25, -0.2) is 4.79 Å². The van der Waals surface area contributed by atoms with E-state index in [4.69, 9.17) is 4.84 Å². The second kappa shape index (κ2) is 6.45. The van der Waals surface area contributed by atoms with Crippen LogP contribution in [0, 0.1) is 0 Å². The van der Waals surface area contributed by atoms with Crippen molar-refractivity contribution in [2.75, 3.05) is 20.6 Å². The first-order valence-electron chi connectivity index (χ1n) is 8.58. The Balaban J connectivity index is 1.67. The van der Waals surface area contributed by atoms with Crippen LogP contribution in [0.1, 0.15) is 28.9 Å². The fraction of sp³-hybridized carbons (Fsp3) is 0.389. The number of aryl methyl sites for hydroxylation is 1. The molecule has 136 valence electrons. The number of urea groups is 1. The Labute approximate surface area is 152 Å². The summed E-state index contributed by atoms with van der Waals surface area (Å²) in [6, 6.07) is 9.23. The molecule has 1 aromatic carbocycles. The number of nitrogens with one attached hydrogen (secondary N) is 1. The lowest BCUT2D eigenvalue weighted by Gasteiger charge is -2.31. The van der Waals surface area contributed by atoms with Gasteiger partial charge in [0.1, 0.15) is 24.5 Å². The molecule has 2 aromatic rings. The number of amides is 2. The van der Waals surface area contributed by atoms with E-state index in [1.165, 1.54) is 5.06 Å². The van der Waals surface area contributed by atoms with Crippen molar-refractivity contribution < 1.29 is 9.63 Å². The number of amidine groups is 1. The van der Waals surface area contributed by atoms with E-state index < -0.39 is 0 Å². The molecule has 0 saturated carbocycles. The number of carbonyl (C=O) groups is 1. The zero-order valence-electron chi connectivity index (χ0n) is 15.1. The van der Waals surface area contributed by atoms with Gasteiger partial charge in [0, 0.05) is 26.7 Å². The first-order chi connectivity index (χ1) is 12.7. The fourth-order valence-corrected chi connectivity index (χ4v) is 3.75. The van der Waals surface area contributed by atoms with Gasteiger partial charge < -0.3 is 10.2 Å². The molecule has 2 bridgehead atoms. The van der Waals surface area contributed by atoms with Crippen LogP contribution < -0.4 is 5.32 Å². The van der Waals surface area contributed by atoms with Gasteiger partial charge in [-0.05, 0) is 5.56 Å². The predicted molar refractivity (Wildman–Crippen MR) is 96.3 cm³/mol. The largest absolute Gasteiger partial charge is 0.375 e. The summed E-state index contributed by atoms with van der Waals surface area (Å²) in [6.07, 6.45) is 1.82. The topological polar surface area (TPSA) is 75.0 Å². The van der Waals surface area contributed by atoms with Gasteiger partial charge in [-0.3, -0.25) is 14.5 Å². The Morgan fingerprint density at radius 1 is 1.38 bits per heavy atom. The van der Waals surface area contributed by atoms with E-state index in [1.807, 2.05) is 55.3 Å². The number of hydrogen-bond donors (Lipinski definition) is 1. The van der Waals surface area contributed by atoms with Gasteiger partial charge in [-0.15, -0.1) is 0 Å². The molecular weight excluding hydrogens is 332 g/mol. The maximum absolute atomic E-state index is 13.0. The lowest BCUT2D eigenvalue weighted by Crippen LogP contribution is -2.43. The summed E-state index contributed by atoms with van der Waals surface area (Å²) in [7, 11) is 5.42. The highest BCUT2D eigenvalue weighted by molar-refractivity contribution is 5.93. The molecule has 2 atom stereocenters. The number of aliphatic imine (C=N–C) groups is 1. The van der Waals surface area contributed by atoms with Gasteiger partial charge in [0.15, 0.2) is 0 Å². The summed E-state index contributed by atoms with van der Waals surface area (Å²) in [5.41, 5.74) is 2.99. The number of nitrogens with zero attached hydrogens (tertiary/aromatic N) is 5. The quantitative estimate of drug-likeness (QED) is 0.669. The highest BCUT2D eigenvalue weighted by atomic mass is 16.7. The Morgan fingerprint density at radius 3 is 2.85 bits per heavy atom. The van der Waals surface area contributed by atoms with Gasteiger partial charge in [0.2, 0.25) is 0 Å². The van der Waals surface area contributed by atoms with Crippen LogP contribution in [0.5, 0.6) is 0 Å². The van der Waals surface area contributed by atoms with Crippen molar-refractivity contribution in [2.24, 2.45) is 12.0 Å². The zero-order valence-corrected chi connectivity index (χ0v) is 15.1. The molecule has 8 heteroatoms. The van der Waals surface area contributed by atoms with E-state index in [2.05, 4.69) is 15.4 Å². The van der Waals surface area contributed by atoms with Crippen LogP contribution in [-0.2, 0) is 18.5 Å². The number of rotatable bonds is 4. The molecule has 2 aliphatic rings. The molecule has 1 aromatic heterocycles. The highest BCUT2D eigenvalue weighted by Crippen LogP contribution is 2.44. The lowest BCUT2D eigenvalue weighted by molar-refractivity contribution is -0.141. The molecule has 26 heavy (non-hydrogen) atoms. The van der Waals surface area contributed by atoms with Crippen molar-refractivity contribution >= 4 is 11.9 Å². The van der Waals surface area contributed by atoms with Gasteiger partial charge in [-0.2, -0.15) is 10.2 Å². The summed E-state index contributed by atoms with van der Waals surface area (Å²) < 4.78 is 1.82. The van der Waals surface area contributed by atoms with Crippen LogP contribution in [0.15, 0.2) is 41.5 Å². The molecular formula is C18H22N6O2. The summed E-state index contributed by atoms with van der Waals surface area (Å²) >= 11 is 0. The van der Waals surface area contributed by atoms with Crippen molar-refractivity contribution in [2.45, 2.75) is 18.7 Å². The van der Waals surface area contributed by atoms with Crippen molar-refractivity contribution in [3.05, 3.63) is 53.3 Å². The molecule has 1 N–H and O–H groups in total. The fourth-order valence-electron chi connectivity index (χ4n) is 3.75. The van der Waals surface area contributed by atoms with Crippen molar-refractivity contribution in [3.63, 3.8) is 0 Å². The van der Waals surface area contributed by atoms with Gasteiger partial charge in [-0.1, -0.05) is 30.3 Å². The number of fused-ring (bicyclic) bond motifs is 4. The minimum Gasteiger partial charge on any atom is -0.375 e. The van der Waals surface area contributed by atoms with E-state index >= 15 is 0 Å². The Bertz CT molecular complexity index is 847. The van der Waals surface area contributed by atoms with E-state index in [1.54, 1.807) is 11.9 Å². The molecule has 2 aliphatic heterocycles. The van der Waals surface area contributed by atoms with Crippen LogP contribution in [0.2, 0.25) is 0 Å². The maximum atomic E-state index is 13.0. The predicted octanol–water partition coefficient (Wildman–Crippen LogP) is 1.63. The first kappa shape index (κ1) is 16.6. The van der Waals surface area contributed by atoms with E-state index in [-0.39, 0.29) is 18.1 Å². The lowest BCUT2D eigenvalue weighted by atomic mass is 9.97. The average Bonchev–Trinajstić information content (AvgIpc) is 3.18. The van der Waals surface area contributed by atoms with Crippen molar-refractivity contribution in [1.82, 2.24) is 25.1 Å². The first-order valence-corrected chi connectivity index (χ1v) is 8.58. The Morgan fingerprint density at radius 2 is 2.15 bits per heavy atom. The molecule has 1 saturated heterocycles. The van der Waals surface area contributed by atoms with Crippen molar-refractivity contribution in [3.8, 4) is 0 Å². The minimum absolute atomic E-state index is 0.150. The van der Waals surface area contributed by atoms with Crippen LogP contribution in [0.3, 0.4) is 0 Å². The third kappa shape index (κ3) is 2.45. The Kier molecular flexibility index (Phi) is 4.12. The van der Waals surface area contributed by atoms with Gasteiger partial charge in [0.25, 0.3) is 0 Å². The molecule has 2 amide bonds. The molecule has 8 nitrogen and oxygen atoms in total. The van der Waals surface area contributed by atoms with Gasteiger partial charge in [0.05, 0.1) is 18.4 Å². The number of aromatic nitrogens is 2. The van der Waals surface area contributed by atoms with Crippen LogP contribution in [-0.4, -0.2) is 52.3 Å². The molecule has 0 unspecified atom stereocenters. The third-order valence-corrected chi connectivity index (χ3v) is 5.00.